The van der Waals surface area contributed by atoms with Gasteiger partial charge in [-0.25, -0.2) is 67.2 Å². The van der Waals surface area contributed by atoms with Crippen LogP contribution in [0.1, 0.15) is 266 Å². The molecule has 35 nitrogen and oxygen atoms in total. The van der Waals surface area contributed by atoms with Gasteiger partial charge in [-0.05, 0) is 237 Å². The van der Waals surface area contributed by atoms with Crippen molar-refractivity contribution in [2.24, 2.45) is 5.92 Å². The molecule has 5 saturated heterocycles. The first kappa shape index (κ1) is 102. The zero-order chi connectivity index (χ0) is 102. The van der Waals surface area contributed by atoms with Gasteiger partial charge in [0.1, 0.15) is 11.6 Å². The van der Waals surface area contributed by atoms with Crippen molar-refractivity contribution < 1.29 is 57.6 Å². The van der Waals surface area contributed by atoms with E-state index in [9.17, 15) is 57.6 Å². The number of nitrogens with zero attached hydrogens (tertiary/aromatic N) is 17. The number of sulfonamides is 4. The second-order valence-electron chi connectivity index (χ2n) is 38.7. The van der Waals surface area contributed by atoms with Crippen molar-refractivity contribution in [3.8, 4) is 11.3 Å². The number of nitrogens with one attached hydrogen (secondary N) is 5. The van der Waals surface area contributed by atoms with E-state index >= 15 is 0 Å². The summed E-state index contributed by atoms with van der Waals surface area (Å²) >= 11 is 6.19. The zero-order valence-corrected chi connectivity index (χ0v) is 87.0. The number of hydrogen-bond donors (Lipinski definition) is 5. The summed E-state index contributed by atoms with van der Waals surface area (Å²) < 4.78 is 113. The molecule has 750 valence electrons. The summed E-state index contributed by atoms with van der Waals surface area (Å²) in [7, 11) is -14.2. The van der Waals surface area contributed by atoms with Crippen LogP contribution in [-0.2, 0) is 44.9 Å². The van der Waals surface area contributed by atoms with E-state index in [1.165, 1.54) is 43.2 Å². The maximum Gasteiger partial charge on any atom is 0.256 e. The predicted octanol–water partition coefficient (Wildman–Crippen LogP) is 17.0. The Kier molecular flexibility index (Phi) is 29.8. The van der Waals surface area contributed by atoms with Crippen LogP contribution in [0, 0.1) is 75.2 Å². The van der Waals surface area contributed by atoms with E-state index < -0.39 is 40.1 Å². The number of carbonyl (C=O) groups is 5. The van der Waals surface area contributed by atoms with Crippen molar-refractivity contribution in [2.45, 2.75) is 209 Å². The Morgan fingerprint density at radius 1 is 0.387 bits per heavy atom. The highest BCUT2D eigenvalue weighted by atomic mass is 35.5. The number of fused-ring (bicyclic) bond motifs is 4. The predicted molar refractivity (Wildman–Crippen MR) is 552 cm³/mol. The molecule has 6 aliphatic rings. The van der Waals surface area contributed by atoms with Crippen LogP contribution < -0.4 is 29.1 Å². The van der Waals surface area contributed by atoms with Gasteiger partial charge in [-0.2, -0.15) is 24.9 Å². The van der Waals surface area contributed by atoms with Gasteiger partial charge < -0.3 is 29.8 Å². The normalized spacial score (nSPS) is 18.1. The van der Waals surface area contributed by atoms with Crippen molar-refractivity contribution >= 4 is 138 Å². The lowest BCUT2D eigenvalue weighted by atomic mass is 9.97. The number of aromatic nitrogens is 12. The third kappa shape index (κ3) is 23.2. The summed E-state index contributed by atoms with van der Waals surface area (Å²) in [4.78, 5) is 95.7. The molecule has 142 heavy (non-hydrogen) atoms. The van der Waals surface area contributed by atoms with E-state index in [0.717, 1.165) is 217 Å². The van der Waals surface area contributed by atoms with Gasteiger partial charge in [0.15, 0.2) is 22.6 Å². The van der Waals surface area contributed by atoms with Gasteiger partial charge in [0, 0.05) is 121 Å². The molecule has 13 aromatic rings. The van der Waals surface area contributed by atoms with Crippen LogP contribution in [0.2, 0.25) is 5.02 Å². The van der Waals surface area contributed by atoms with E-state index in [-0.39, 0.29) is 76.3 Å². The maximum absolute atomic E-state index is 13.9. The SMILES string of the molecule is CC(=O)Nc1c(C)c(C)nc2cc([C@@H]3CCCCN3C(=O)c3cc(C)ccc3NS(C)(=O)=O)nn12.Cc1ccc(NS(C)(=O)=O)c(C(=O)N2CCCC[C@H]2c2cc3nc(C)c(C)c(-c4ccccc4)n3n2)c1.Cc1ccc(NS(C)(=O)=O)c(C(=O)N2CCCC[C@H]2c2cc3nc(C)c(C)c(C4CC4)n3n2)c1.Cc1cn2nc([C@@H]3CCCCN3C(=O)c3cc(Cl)ccc3NS(C)(=O)=O)cc2nc1N1CC[C@H](C)C1. The van der Waals surface area contributed by atoms with Crippen molar-refractivity contribution in [2.75, 3.05) is 93.4 Å². The lowest BCUT2D eigenvalue weighted by Crippen LogP contribution is -2.39. The second kappa shape index (κ2) is 41.5. The molecule has 6 fully saturated rings. The molecule has 1 saturated carbocycles. The van der Waals surface area contributed by atoms with Crippen molar-refractivity contribution in [3.63, 3.8) is 0 Å². The summed E-state index contributed by atoms with van der Waals surface area (Å²) in [5.74, 6) is 1.58. The quantitative estimate of drug-likeness (QED) is 0.0473. The van der Waals surface area contributed by atoms with E-state index in [1.807, 2.05) is 116 Å². The molecular formula is C102H123ClN22O13S4. The van der Waals surface area contributed by atoms with Gasteiger partial charge >= 0.3 is 0 Å². The highest BCUT2D eigenvalue weighted by molar-refractivity contribution is 7.92. The van der Waals surface area contributed by atoms with Crippen LogP contribution in [0.3, 0.4) is 0 Å². The smallest absolute Gasteiger partial charge is 0.256 e. The molecule has 0 unspecified atom stereocenters. The van der Waals surface area contributed by atoms with Gasteiger partial charge in [-0.3, -0.25) is 42.9 Å². The van der Waals surface area contributed by atoms with Gasteiger partial charge in [0.2, 0.25) is 46.0 Å². The molecule has 0 bridgehead atoms. The average molecular weight is 2030 g/mol. The Morgan fingerprint density at radius 2 is 0.761 bits per heavy atom. The molecule has 5 atom stereocenters. The molecule has 8 aromatic heterocycles. The van der Waals surface area contributed by atoms with Crippen molar-refractivity contribution in [1.29, 1.82) is 0 Å². The summed E-state index contributed by atoms with van der Waals surface area (Å²) in [6, 6.07) is 37.0. The Bertz CT molecular complexity index is 7610. The number of hydrogen-bond acceptors (Lipinski definition) is 22. The van der Waals surface area contributed by atoms with Crippen molar-refractivity contribution in [1.82, 2.24) is 78.0 Å². The molecule has 5 aliphatic heterocycles. The highest BCUT2D eigenvalue weighted by Gasteiger charge is 2.40. The molecular weight excluding hydrogens is 1900 g/mol. The minimum Gasteiger partial charge on any atom is -0.356 e. The molecule has 19 rings (SSSR count). The molecule has 5 amide bonds. The van der Waals surface area contributed by atoms with Crippen LogP contribution in [0.4, 0.5) is 34.4 Å². The van der Waals surface area contributed by atoms with Crippen LogP contribution in [0.25, 0.3) is 33.8 Å². The standard InChI is InChI=1S/C28H31N5O3S.C25H31ClN6O3S.C25H31N5O3S.C24H30N6O4S/c1-18-13-14-23(31-37(4,35)36)22(16-18)28(34)32-15-9-8-12-25(32)24-17-26-29-20(3)19(2)27(33(26)30-24)21-10-6-5-7-11-21;1-16-9-11-30(14-16)24-17(2)15-32-23(27-24)13-21(28-32)22-6-4-5-10-31(22)25(33)19-12-18(26)7-8-20(19)29-36(3,34)35;1-15-8-11-20(28-34(4,32)33)19(13-15)25(31)29-12-6-5-7-22(29)21-14-23-26-17(3)16(2)24(18-9-10-18)30(23)27-21;1-14-9-10-19(28-35(5,33)34)18(12-14)24(32)29-11-7-6-8-21(29)20-13-22-25-16(3)15(2)23(26-17(4)31)30(22)27-20/h5-7,10-11,13-14,16-17,25,31H,8-9,12,15H2,1-4H3;7-8,12-13,15-16,22,29H,4-6,9-11,14H2,1-3H3;8,11,13-14,18,22,28H,5-7,9-10,12H2,1-4H3;9-10,12-13,21,28H,6-8,11H2,1-5H3,(H,26,31)/t25-;16-,22-;22-;21-/m0000/s1. The Labute approximate surface area is 833 Å². The lowest BCUT2D eigenvalue weighted by molar-refractivity contribution is -0.114. The summed E-state index contributed by atoms with van der Waals surface area (Å²) in [5, 5.41) is 22.7. The zero-order valence-electron chi connectivity index (χ0n) is 82.9. The number of benzene rings is 5. The topological polar surface area (TPSA) is 419 Å². The van der Waals surface area contributed by atoms with E-state index in [0.29, 0.717) is 89.0 Å². The highest BCUT2D eigenvalue weighted by Crippen LogP contribution is 2.45. The van der Waals surface area contributed by atoms with Crippen LogP contribution in [0.5, 0.6) is 0 Å². The van der Waals surface area contributed by atoms with Crippen LogP contribution >= 0.6 is 11.6 Å². The van der Waals surface area contributed by atoms with Gasteiger partial charge in [-0.15, -0.1) is 0 Å². The first-order valence-corrected chi connectivity index (χ1v) is 56.0. The molecule has 40 heteroatoms. The Balaban J connectivity index is 0.000000136. The molecule has 5 N–H and O–H groups in total. The first-order valence-electron chi connectivity index (χ1n) is 48.1. The molecule has 1 aliphatic carbocycles. The fraction of sp³-hybridized carbons (Fsp3) is 0.422. The number of anilines is 6. The number of aryl methyl sites for hydroxylation is 7. The molecule has 13 heterocycles. The van der Waals surface area contributed by atoms with Crippen LogP contribution in [0.15, 0.2) is 134 Å². The fourth-order valence-corrected chi connectivity index (χ4v) is 22.3. The summed E-state index contributed by atoms with van der Waals surface area (Å²) in [6.07, 6.45) is 20.2. The minimum absolute atomic E-state index is 0.179. The minimum atomic E-state index is -3.57. The lowest BCUT2D eigenvalue weighted by Gasteiger charge is -2.35. The molecule has 0 radical (unpaired) electrons. The van der Waals surface area contributed by atoms with E-state index in [4.69, 9.17) is 46.9 Å². The number of halogens is 1. The summed E-state index contributed by atoms with van der Waals surface area (Å²) in [5.41, 5.74) is 21.1. The van der Waals surface area contributed by atoms with Crippen LogP contribution in [-0.4, -0.2) is 205 Å². The first-order chi connectivity index (χ1) is 67.3. The van der Waals surface area contributed by atoms with Gasteiger partial charge in [0.25, 0.3) is 23.6 Å². The van der Waals surface area contributed by atoms with Gasteiger partial charge in [-0.1, -0.05) is 83.7 Å². The number of piperidine rings is 4. The van der Waals surface area contributed by atoms with Gasteiger partial charge in [0.05, 0.1) is 128 Å². The third-order valence-corrected chi connectivity index (χ3v) is 29.6. The second-order valence-corrected chi connectivity index (χ2v) is 46.2. The fourth-order valence-electron chi connectivity index (χ4n) is 19.8. The van der Waals surface area contributed by atoms with Crippen molar-refractivity contribution in [3.05, 3.63) is 245 Å². The third-order valence-electron chi connectivity index (χ3n) is 27.0. The Morgan fingerprint density at radius 3 is 1.17 bits per heavy atom. The number of carbonyl (C=O) groups excluding carboxylic acids is 5. The number of likely N-dealkylation sites (tertiary alicyclic amines) is 4. The summed E-state index contributed by atoms with van der Waals surface area (Å²) in [6.45, 7) is 27.6. The average Bonchev–Trinajstić information content (AvgIpc) is 1.61. The largest absolute Gasteiger partial charge is 0.356 e. The monoisotopic (exact) mass is 2030 g/mol. The number of amides is 5. The maximum atomic E-state index is 13.9. The molecule has 5 aromatic carbocycles. The Hall–Kier alpha value is -13.0. The van der Waals surface area contributed by atoms with E-state index in [1.54, 1.807) is 79.5 Å². The molecule has 0 spiro atoms. The number of rotatable bonds is 20. The van der Waals surface area contributed by atoms with E-state index in [2.05, 4.69) is 73.9 Å².